The largest absolute Gasteiger partial charge is 1.00 e. The van der Waals surface area contributed by atoms with Crippen LogP contribution in [0.1, 0.15) is 11.3 Å². The van der Waals surface area contributed by atoms with E-state index >= 15 is 0 Å². The zero-order valence-corrected chi connectivity index (χ0v) is 22.9. The molecule has 4 nitrogen and oxygen atoms in total. The Bertz CT molecular complexity index is 1760. The number of benzene rings is 4. The maximum absolute atomic E-state index is 14.2. The summed E-state index contributed by atoms with van der Waals surface area (Å²) >= 11 is 3.57. The van der Waals surface area contributed by atoms with Gasteiger partial charge < -0.3 is 19.3 Å². The summed E-state index contributed by atoms with van der Waals surface area (Å²) in [6.45, 7) is 2.01. The number of hydrogen-bond donors (Lipinski definition) is 0. The van der Waals surface area contributed by atoms with Gasteiger partial charge in [0.2, 0.25) is 0 Å². The number of fused-ring (bicyclic) bond motifs is 1. The van der Waals surface area contributed by atoms with E-state index in [4.69, 9.17) is 14.7 Å². The quantitative estimate of drug-likeness (QED) is 0.255. The predicted octanol–water partition coefficient (Wildman–Crippen LogP) is 5.25. The Labute approximate surface area is 245 Å². The Balaban J connectivity index is 0.00000308. The fourth-order valence-electron chi connectivity index (χ4n) is 4.53. The number of aryl methyl sites for hydroxylation is 1. The summed E-state index contributed by atoms with van der Waals surface area (Å²) < 4.78 is 36.7. The van der Waals surface area contributed by atoms with Gasteiger partial charge in [0.05, 0.1) is 5.69 Å². The van der Waals surface area contributed by atoms with E-state index in [0.717, 1.165) is 49.8 Å². The van der Waals surface area contributed by atoms with Crippen LogP contribution in [-0.4, -0.2) is 9.55 Å². The topological polar surface area (TPSA) is 41.2 Å². The van der Waals surface area contributed by atoms with Crippen LogP contribution in [0.5, 0.6) is 5.75 Å². The number of ether oxygens (including phenoxy) is 1. The second-order valence-electron chi connectivity index (χ2n) is 8.95. The molecule has 0 amide bonds. The second-order valence-corrected chi connectivity index (χ2v) is 9.86. The molecule has 0 aliphatic carbocycles. The first kappa shape index (κ1) is 27.0. The molecule has 2 heterocycles. The molecule has 0 N–H and O–H groups in total. The molecule has 6 aromatic rings. The van der Waals surface area contributed by atoms with Crippen LogP contribution >= 0.6 is 15.9 Å². The molecule has 0 aliphatic heterocycles. The van der Waals surface area contributed by atoms with Crippen LogP contribution in [0.2, 0.25) is 0 Å². The van der Waals surface area contributed by atoms with Gasteiger partial charge in [0.1, 0.15) is 24.0 Å². The van der Waals surface area contributed by atoms with E-state index in [0.29, 0.717) is 11.6 Å². The molecule has 0 unspecified atom stereocenters. The summed E-state index contributed by atoms with van der Waals surface area (Å²) in [5.74, 6) is -0.00120. The van der Waals surface area contributed by atoms with Crippen LogP contribution < -0.4 is 28.6 Å². The number of halogens is 3. The van der Waals surface area contributed by atoms with Crippen LogP contribution in [-0.2, 0) is 6.61 Å². The molecule has 0 spiro atoms. The van der Waals surface area contributed by atoms with Gasteiger partial charge in [-0.15, -0.1) is 0 Å². The van der Waals surface area contributed by atoms with Gasteiger partial charge in [-0.1, -0.05) is 58.2 Å². The van der Waals surface area contributed by atoms with E-state index in [9.17, 15) is 8.78 Å². The number of hydrogen-bond acceptors (Lipinski definition) is 2. The summed E-state index contributed by atoms with van der Waals surface area (Å²) in [5.41, 5.74) is 6.63. The molecule has 0 fully saturated rings. The first-order chi connectivity index (χ1) is 18.5. The van der Waals surface area contributed by atoms with E-state index in [1.165, 1.54) is 12.1 Å². The average molecular weight is 576 g/mol. The van der Waals surface area contributed by atoms with Gasteiger partial charge in [-0.25, -0.2) is 8.78 Å². The van der Waals surface area contributed by atoms with Gasteiger partial charge in [0.15, 0.2) is 0 Å². The fourth-order valence-corrected chi connectivity index (χ4v) is 4.89. The Hall–Kier alpha value is -3.63. The molecule has 0 saturated carbocycles. The minimum absolute atomic E-state index is 0. The number of aromatic nitrogens is 3. The Morgan fingerprint density at radius 3 is 2.56 bits per heavy atom. The van der Waals surface area contributed by atoms with Crippen LogP contribution in [0, 0.1) is 18.6 Å². The maximum atomic E-state index is 14.2. The van der Waals surface area contributed by atoms with E-state index in [1.54, 1.807) is 0 Å². The number of nitrogens with zero attached hydrogens (tertiary/aromatic N) is 3. The Morgan fingerprint density at radius 1 is 0.897 bits per heavy atom. The molecule has 0 radical (unpaired) electrons. The Morgan fingerprint density at radius 2 is 1.74 bits per heavy atom. The van der Waals surface area contributed by atoms with Gasteiger partial charge >= 0.3 is 18.9 Å². The summed E-state index contributed by atoms with van der Waals surface area (Å²) in [5, 5.41) is 0. The normalized spacial score (nSPS) is 11.0. The van der Waals surface area contributed by atoms with E-state index in [-0.39, 0.29) is 31.0 Å². The zero-order chi connectivity index (χ0) is 26.2. The molecule has 0 atom stereocenters. The molecular formula is C31H21BrF2LiN3O. The molecule has 4 aromatic carbocycles. The number of rotatable bonds is 6. The summed E-state index contributed by atoms with van der Waals surface area (Å²) in [6.07, 6.45) is 0. The van der Waals surface area contributed by atoms with Gasteiger partial charge in [0, 0.05) is 33.0 Å². The van der Waals surface area contributed by atoms with Gasteiger partial charge in [-0.3, -0.25) is 0 Å². The van der Waals surface area contributed by atoms with E-state index in [2.05, 4.69) is 26.6 Å². The monoisotopic (exact) mass is 575 g/mol. The van der Waals surface area contributed by atoms with Crippen LogP contribution in [0.25, 0.3) is 39.4 Å². The first-order valence-electron chi connectivity index (χ1n) is 12.0. The average Bonchev–Trinajstić information content (AvgIpc) is 3.52. The van der Waals surface area contributed by atoms with Crippen molar-refractivity contribution in [2.45, 2.75) is 13.5 Å². The molecule has 8 heteroatoms. The summed E-state index contributed by atoms with van der Waals surface area (Å²) in [6, 6.07) is 29.2. The van der Waals surface area contributed by atoms with Crippen LogP contribution in [0.4, 0.5) is 8.78 Å². The fraction of sp³-hybridized carbons (Fsp3) is 0.0645. The minimum Gasteiger partial charge on any atom is -0.488 e. The van der Waals surface area contributed by atoms with Gasteiger partial charge in [0.25, 0.3) is 0 Å². The molecular weight excluding hydrogens is 555 g/mol. The van der Waals surface area contributed by atoms with E-state index < -0.39 is 11.6 Å². The molecule has 0 bridgehead atoms. The molecule has 2 aromatic heterocycles. The maximum Gasteiger partial charge on any atom is 1.00 e. The molecule has 0 saturated heterocycles. The molecule has 39 heavy (non-hydrogen) atoms. The molecule has 188 valence electrons. The molecule has 6 rings (SSSR count). The van der Waals surface area contributed by atoms with Crippen molar-refractivity contribution in [3.63, 3.8) is 0 Å². The number of imidazole rings is 1. The van der Waals surface area contributed by atoms with Gasteiger partial charge in [-0.05, 0) is 78.1 Å². The van der Waals surface area contributed by atoms with E-state index in [1.807, 2.05) is 79.7 Å². The van der Waals surface area contributed by atoms with Crippen molar-refractivity contribution in [3.05, 3.63) is 124 Å². The first-order valence-corrected chi connectivity index (χ1v) is 12.8. The van der Waals surface area contributed by atoms with Crippen molar-refractivity contribution in [2.24, 2.45) is 0 Å². The zero-order valence-electron chi connectivity index (χ0n) is 21.3. The standard InChI is InChI=1S/C31H21BrF2N3O.Li/c1-19-9-13-29(25-16-22(32)11-14-30(25)38-18-21-10-12-23(33)17-26(21)34)37(19)24-6-4-5-20(15-24)31-35-27-7-2-3-8-28(27)36-31;/h2-17H,18H2,1H3;/q-1;+1. The van der Waals surface area contributed by atoms with Crippen LogP contribution in [0.15, 0.2) is 102 Å². The third-order valence-corrected chi connectivity index (χ3v) is 6.88. The summed E-state index contributed by atoms with van der Waals surface area (Å²) in [7, 11) is 0. The van der Waals surface area contributed by atoms with Crippen molar-refractivity contribution in [1.82, 2.24) is 14.5 Å². The Kier molecular flexibility index (Phi) is 7.76. The minimum atomic E-state index is -0.637. The predicted molar refractivity (Wildman–Crippen MR) is 148 cm³/mol. The third-order valence-electron chi connectivity index (χ3n) is 6.39. The van der Waals surface area contributed by atoms with Crippen molar-refractivity contribution in [2.75, 3.05) is 0 Å². The van der Waals surface area contributed by atoms with Crippen molar-refractivity contribution in [1.29, 1.82) is 0 Å². The number of para-hydroxylation sites is 2. The summed E-state index contributed by atoms with van der Waals surface area (Å²) in [4.78, 5) is 9.40. The SMILES string of the molecule is Cc1ccc(-c2cc(Br)ccc2OCc2ccc(F)cc2F)n1-c1cccc(-c2nc3ccccc3[n-]2)c1.[Li+]. The molecule has 0 aliphatic rings. The van der Waals surface area contributed by atoms with Gasteiger partial charge in [-0.2, -0.15) is 0 Å². The van der Waals surface area contributed by atoms with Crippen molar-refractivity contribution >= 4 is 27.0 Å². The van der Waals surface area contributed by atoms with Crippen molar-refractivity contribution < 1.29 is 32.4 Å². The third kappa shape index (κ3) is 5.44. The van der Waals surface area contributed by atoms with Crippen molar-refractivity contribution in [3.8, 4) is 34.1 Å². The second kappa shape index (κ2) is 11.2. The smallest absolute Gasteiger partial charge is 0.488 e. The van der Waals surface area contributed by atoms with Crippen LogP contribution in [0.3, 0.4) is 0 Å².